The van der Waals surface area contributed by atoms with Crippen molar-refractivity contribution in [3.05, 3.63) is 47.5 Å². The van der Waals surface area contributed by atoms with Crippen LogP contribution in [0.5, 0.6) is 0 Å². The largest absolute Gasteiger partial charge is 0.346 e. The quantitative estimate of drug-likeness (QED) is 0.917. The summed E-state index contributed by atoms with van der Waals surface area (Å²) in [6, 6.07) is 8.39. The summed E-state index contributed by atoms with van der Waals surface area (Å²) >= 11 is 0. The highest BCUT2D eigenvalue weighted by Gasteiger charge is 2.26. The molecule has 128 valence electrons. The minimum atomic E-state index is -0.170. The summed E-state index contributed by atoms with van der Waals surface area (Å²) in [6.07, 6.45) is 4.57. The number of fused-ring (bicyclic) bond motifs is 1. The molecule has 24 heavy (non-hydrogen) atoms. The summed E-state index contributed by atoms with van der Waals surface area (Å²) in [5.74, 6) is 1.39. The van der Waals surface area contributed by atoms with E-state index in [4.69, 9.17) is 0 Å². The van der Waals surface area contributed by atoms with Crippen LogP contribution in [-0.2, 0) is 17.8 Å². The molecule has 0 spiro atoms. The fourth-order valence-corrected chi connectivity index (χ4v) is 3.29. The first kappa shape index (κ1) is 16.7. The molecule has 0 fully saturated rings. The van der Waals surface area contributed by atoms with E-state index in [1.807, 2.05) is 11.6 Å². The van der Waals surface area contributed by atoms with Gasteiger partial charge in [-0.3, -0.25) is 4.79 Å². The number of aromatic nitrogens is 3. The Labute approximate surface area is 143 Å². The predicted octanol–water partition coefficient (Wildman–Crippen LogP) is 3.23. The maximum absolute atomic E-state index is 12.6. The standard InChI is InChI=1S/C19H26N4O/c1-13(2)11-15-6-8-16(9-7-15)14(3)19(24)22-17-5-4-10-23-18(17)20-12-21-23/h6-9,12-14,17H,4-5,10-11H2,1-3H3,(H,22,24)/t14-,17+/m0/s1. The fraction of sp³-hybridized carbons (Fsp3) is 0.526. The van der Waals surface area contributed by atoms with Crippen molar-refractivity contribution < 1.29 is 4.79 Å². The molecule has 0 aliphatic carbocycles. The van der Waals surface area contributed by atoms with E-state index in [1.165, 1.54) is 5.56 Å². The molecule has 2 heterocycles. The molecule has 0 unspecified atom stereocenters. The molecule has 1 aliphatic rings. The van der Waals surface area contributed by atoms with E-state index < -0.39 is 0 Å². The van der Waals surface area contributed by atoms with Crippen LogP contribution in [0.15, 0.2) is 30.6 Å². The van der Waals surface area contributed by atoms with Gasteiger partial charge in [0.1, 0.15) is 12.2 Å². The lowest BCUT2D eigenvalue weighted by Gasteiger charge is -2.24. The topological polar surface area (TPSA) is 59.8 Å². The van der Waals surface area contributed by atoms with E-state index >= 15 is 0 Å². The maximum Gasteiger partial charge on any atom is 0.227 e. The molecule has 0 saturated carbocycles. The van der Waals surface area contributed by atoms with Crippen molar-refractivity contribution in [2.75, 3.05) is 0 Å². The summed E-state index contributed by atoms with van der Waals surface area (Å²) in [6.45, 7) is 7.27. The number of nitrogens with zero attached hydrogens (tertiary/aromatic N) is 3. The van der Waals surface area contributed by atoms with Gasteiger partial charge in [-0.15, -0.1) is 0 Å². The monoisotopic (exact) mass is 326 g/mol. The van der Waals surface area contributed by atoms with E-state index in [-0.39, 0.29) is 17.9 Å². The van der Waals surface area contributed by atoms with Gasteiger partial charge < -0.3 is 5.32 Å². The minimum Gasteiger partial charge on any atom is -0.346 e. The molecule has 1 amide bonds. The van der Waals surface area contributed by atoms with Gasteiger partial charge in [-0.2, -0.15) is 5.10 Å². The van der Waals surface area contributed by atoms with E-state index in [9.17, 15) is 4.79 Å². The summed E-state index contributed by atoms with van der Waals surface area (Å²) in [5.41, 5.74) is 2.37. The Morgan fingerprint density at radius 3 is 2.75 bits per heavy atom. The lowest BCUT2D eigenvalue weighted by molar-refractivity contribution is -0.123. The van der Waals surface area contributed by atoms with Gasteiger partial charge in [0, 0.05) is 6.54 Å². The number of nitrogens with one attached hydrogen (secondary N) is 1. The van der Waals surface area contributed by atoms with Gasteiger partial charge in [-0.1, -0.05) is 38.1 Å². The van der Waals surface area contributed by atoms with Crippen molar-refractivity contribution in [3.8, 4) is 0 Å². The zero-order chi connectivity index (χ0) is 17.1. The van der Waals surface area contributed by atoms with Crippen LogP contribution >= 0.6 is 0 Å². The van der Waals surface area contributed by atoms with Crippen LogP contribution < -0.4 is 5.32 Å². The first-order chi connectivity index (χ1) is 11.5. The Balaban J connectivity index is 1.65. The highest BCUT2D eigenvalue weighted by molar-refractivity contribution is 5.83. The van der Waals surface area contributed by atoms with Gasteiger partial charge >= 0.3 is 0 Å². The highest BCUT2D eigenvalue weighted by Crippen LogP contribution is 2.24. The SMILES string of the molecule is CC(C)Cc1ccc([C@H](C)C(=O)N[C@@H]2CCCn3ncnc32)cc1. The Hall–Kier alpha value is -2.17. The molecule has 5 heteroatoms. The summed E-state index contributed by atoms with van der Waals surface area (Å²) < 4.78 is 1.89. The summed E-state index contributed by atoms with van der Waals surface area (Å²) in [4.78, 5) is 16.9. The summed E-state index contributed by atoms with van der Waals surface area (Å²) in [5, 5.41) is 7.35. The second-order valence-corrected chi connectivity index (χ2v) is 7.11. The van der Waals surface area contributed by atoms with Crippen LogP contribution in [0.3, 0.4) is 0 Å². The molecule has 1 aromatic heterocycles. The van der Waals surface area contributed by atoms with Crippen LogP contribution in [0.1, 0.15) is 62.5 Å². The molecule has 5 nitrogen and oxygen atoms in total. The maximum atomic E-state index is 12.6. The van der Waals surface area contributed by atoms with Crippen molar-refractivity contribution in [2.24, 2.45) is 5.92 Å². The first-order valence-corrected chi connectivity index (χ1v) is 8.81. The van der Waals surface area contributed by atoms with Crippen molar-refractivity contribution in [1.82, 2.24) is 20.1 Å². The van der Waals surface area contributed by atoms with Crippen LogP contribution in [-0.4, -0.2) is 20.7 Å². The molecule has 0 radical (unpaired) electrons. The number of rotatable bonds is 5. The molecule has 2 atom stereocenters. The van der Waals surface area contributed by atoms with Gasteiger partial charge in [-0.25, -0.2) is 9.67 Å². The van der Waals surface area contributed by atoms with Gasteiger partial charge in [0.05, 0.1) is 12.0 Å². The van der Waals surface area contributed by atoms with Crippen molar-refractivity contribution in [2.45, 2.75) is 58.5 Å². The molecule has 2 aromatic rings. The molecule has 0 bridgehead atoms. The van der Waals surface area contributed by atoms with Gasteiger partial charge in [0.2, 0.25) is 5.91 Å². The molecular weight excluding hydrogens is 300 g/mol. The first-order valence-electron chi connectivity index (χ1n) is 8.81. The molecular formula is C19H26N4O. The smallest absolute Gasteiger partial charge is 0.227 e. The van der Waals surface area contributed by atoms with Crippen molar-refractivity contribution in [1.29, 1.82) is 0 Å². The Morgan fingerprint density at radius 1 is 1.29 bits per heavy atom. The third-order valence-electron chi connectivity index (χ3n) is 4.65. The number of aryl methyl sites for hydroxylation is 1. The van der Waals surface area contributed by atoms with E-state index in [2.05, 4.69) is 53.5 Å². The van der Waals surface area contributed by atoms with Crippen LogP contribution in [0.25, 0.3) is 0 Å². The lowest BCUT2D eigenvalue weighted by atomic mass is 9.95. The normalized spacial score (nSPS) is 18.2. The summed E-state index contributed by atoms with van der Waals surface area (Å²) in [7, 11) is 0. The average molecular weight is 326 g/mol. The molecule has 1 aliphatic heterocycles. The van der Waals surface area contributed by atoms with Crippen LogP contribution in [0, 0.1) is 5.92 Å². The Morgan fingerprint density at radius 2 is 2.04 bits per heavy atom. The van der Waals surface area contributed by atoms with Gasteiger partial charge in [0.15, 0.2) is 0 Å². The van der Waals surface area contributed by atoms with Crippen LogP contribution in [0.4, 0.5) is 0 Å². The third-order valence-corrected chi connectivity index (χ3v) is 4.65. The van der Waals surface area contributed by atoms with E-state index in [0.717, 1.165) is 37.2 Å². The minimum absolute atomic E-state index is 0.0311. The van der Waals surface area contributed by atoms with Gasteiger partial charge in [0.25, 0.3) is 0 Å². The molecule has 1 aromatic carbocycles. The average Bonchev–Trinajstić information content (AvgIpc) is 3.04. The third kappa shape index (κ3) is 3.66. The van der Waals surface area contributed by atoms with E-state index in [1.54, 1.807) is 6.33 Å². The highest BCUT2D eigenvalue weighted by atomic mass is 16.1. The number of carbonyl (C=O) groups excluding carboxylic acids is 1. The number of hydrogen-bond acceptors (Lipinski definition) is 3. The van der Waals surface area contributed by atoms with Crippen LogP contribution in [0.2, 0.25) is 0 Å². The lowest BCUT2D eigenvalue weighted by Crippen LogP contribution is -2.35. The number of amides is 1. The number of hydrogen-bond donors (Lipinski definition) is 1. The molecule has 3 rings (SSSR count). The molecule has 1 N–H and O–H groups in total. The van der Waals surface area contributed by atoms with E-state index in [0.29, 0.717) is 5.92 Å². The number of benzene rings is 1. The second-order valence-electron chi connectivity index (χ2n) is 7.11. The Bertz CT molecular complexity index is 690. The van der Waals surface area contributed by atoms with Gasteiger partial charge in [-0.05, 0) is 43.2 Å². The predicted molar refractivity (Wildman–Crippen MR) is 93.5 cm³/mol. The second kappa shape index (κ2) is 7.16. The Kier molecular flexibility index (Phi) is 4.97. The van der Waals surface area contributed by atoms with Crippen molar-refractivity contribution in [3.63, 3.8) is 0 Å². The zero-order valence-corrected chi connectivity index (χ0v) is 14.7. The fourth-order valence-electron chi connectivity index (χ4n) is 3.29. The number of carbonyl (C=O) groups is 1. The van der Waals surface area contributed by atoms with Crippen molar-refractivity contribution >= 4 is 5.91 Å². The molecule has 0 saturated heterocycles. The zero-order valence-electron chi connectivity index (χ0n) is 14.7.